The number of amides is 1. The number of fused-ring (bicyclic) bond motifs is 2. The lowest BCUT2D eigenvalue weighted by molar-refractivity contribution is -0.116. The number of para-hydroxylation sites is 2. The number of hydrogen-bond donors (Lipinski definition) is 2. The van der Waals surface area contributed by atoms with E-state index in [2.05, 4.69) is 33.7 Å². The van der Waals surface area contributed by atoms with Gasteiger partial charge in [0, 0.05) is 22.8 Å². The van der Waals surface area contributed by atoms with Crippen LogP contribution in [0.1, 0.15) is 34.0 Å². The van der Waals surface area contributed by atoms with E-state index in [4.69, 9.17) is 5.10 Å². The van der Waals surface area contributed by atoms with Crippen LogP contribution in [0.4, 0.5) is 5.82 Å². The molecule has 0 unspecified atom stereocenters. The van der Waals surface area contributed by atoms with Gasteiger partial charge in [0.05, 0.1) is 16.7 Å². The van der Waals surface area contributed by atoms with Crippen LogP contribution >= 0.6 is 11.3 Å². The van der Waals surface area contributed by atoms with Crippen molar-refractivity contribution in [2.75, 3.05) is 5.32 Å². The number of imidazole rings is 1. The topological polar surface area (TPSA) is 75.6 Å². The Morgan fingerprint density at radius 1 is 1.23 bits per heavy atom. The Kier molecular flexibility index (Phi) is 3.27. The van der Waals surface area contributed by atoms with Crippen LogP contribution in [-0.2, 0) is 4.79 Å². The predicted molar refractivity (Wildman–Crippen MR) is 102 cm³/mol. The smallest absolute Gasteiger partial charge is 0.231 e. The number of thiophene rings is 1. The van der Waals surface area contributed by atoms with Crippen LogP contribution in [0.2, 0.25) is 0 Å². The van der Waals surface area contributed by atoms with Crippen LogP contribution in [0.5, 0.6) is 0 Å². The van der Waals surface area contributed by atoms with E-state index in [1.807, 2.05) is 31.2 Å². The van der Waals surface area contributed by atoms with Crippen LogP contribution < -0.4 is 5.32 Å². The van der Waals surface area contributed by atoms with Gasteiger partial charge in [0.25, 0.3) is 0 Å². The largest absolute Gasteiger partial charge is 0.322 e. The number of anilines is 1. The van der Waals surface area contributed by atoms with E-state index < -0.39 is 0 Å². The third-order valence-corrected chi connectivity index (χ3v) is 6.03. The standard InChI is InChI=1S/C19H17N5OS/c1-10-7-8-26-17(10)12-9-15(25)22-18-16(12)11(2)23-24(18)19-20-13-5-3-4-6-14(13)21-19/h3-8,12H,9H2,1-2H3,(H,20,21)(H,22,25)/t12-/m0/s1. The van der Waals surface area contributed by atoms with E-state index in [0.29, 0.717) is 12.4 Å². The molecule has 1 amide bonds. The molecule has 0 spiro atoms. The molecule has 2 N–H and O–H groups in total. The Hall–Kier alpha value is -2.93. The summed E-state index contributed by atoms with van der Waals surface area (Å²) in [7, 11) is 0. The Labute approximate surface area is 153 Å². The minimum absolute atomic E-state index is 0.00700. The zero-order chi connectivity index (χ0) is 17.8. The van der Waals surface area contributed by atoms with Gasteiger partial charge in [-0.25, -0.2) is 4.98 Å². The number of hydrogen-bond acceptors (Lipinski definition) is 4. The second-order valence-corrected chi connectivity index (χ2v) is 7.56. The highest BCUT2D eigenvalue weighted by Gasteiger charge is 2.34. The highest BCUT2D eigenvalue weighted by atomic mass is 32.1. The Morgan fingerprint density at radius 3 is 2.85 bits per heavy atom. The normalized spacial score (nSPS) is 16.7. The molecule has 5 rings (SSSR count). The number of carbonyl (C=O) groups is 1. The summed E-state index contributed by atoms with van der Waals surface area (Å²) in [5.74, 6) is 1.37. The number of benzene rings is 1. The maximum Gasteiger partial charge on any atom is 0.231 e. The molecule has 7 heteroatoms. The molecule has 3 aromatic heterocycles. The summed E-state index contributed by atoms with van der Waals surface area (Å²) in [6.45, 7) is 4.09. The van der Waals surface area contributed by atoms with E-state index in [1.54, 1.807) is 16.0 Å². The number of rotatable bonds is 2. The molecule has 0 bridgehead atoms. The zero-order valence-corrected chi connectivity index (χ0v) is 15.2. The number of nitrogens with zero attached hydrogens (tertiary/aromatic N) is 3. The number of aromatic nitrogens is 4. The summed E-state index contributed by atoms with van der Waals surface area (Å²) in [6.07, 6.45) is 0.445. The minimum atomic E-state index is 0.00700. The molecule has 4 heterocycles. The fourth-order valence-corrected chi connectivity index (χ4v) is 4.74. The van der Waals surface area contributed by atoms with Gasteiger partial charge < -0.3 is 10.3 Å². The third kappa shape index (κ3) is 2.20. The number of aryl methyl sites for hydroxylation is 2. The summed E-state index contributed by atoms with van der Waals surface area (Å²) in [5, 5.41) is 9.78. The SMILES string of the molecule is Cc1ccsc1[C@H]1CC(=O)Nc2c1c(C)nn2-c1nc2ccccc2[nH]1. The van der Waals surface area contributed by atoms with E-state index in [-0.39, 0.29) is 11.8 Å². The number of aromatic amines is 1. The van der Waals surface area contributed by atoms with Crippen molar-refractivity contribution in [3.8, 4) is 5.95 Å². The molecule has 130 valence electrons. The van der Waals surface area contributed by atoms with Gasteiger partial charge in [-0.1, -0.05) is 12.1 Å². The molecular formula is C19H17N5OS. The molecule has 0 radical (unpaired) electrons. The number of H-pyrrole nitrogens is 1. The number of nitrogens with one attached hydrogen (secondary N) is 2. The van der Waals surface area contributed by atoms with Crippen molar-refractivity contribution in [2.45, 2.75) is 26.2 Å². The van der Waals surface area contributed by atoms with Gasteiger partial charge in [0.15, 0.2) is 0 Å². The average Bonchev–Trinajstić information content (AvgIpc) is 3.31. The maximum absolute atomic E-state index is 12.4. The first-order chi connectivity index (χ1) is 12.6. The van der Waals surface area contributed by atoms with Crippen molar-refractivity contribution < 1.29 is 4.79 Å². The van der Waals surface area contributed by atoms with Crippen molar-refractivity contribution in [2.24, 2.45) is 0 Å². The number of carbonyl (C=O) groups excluding carboxylic acids is 1. The lowest BCUT2D eigenvalue weighted by Gasteiger charge is -2.23. The highest BCUT2D eigenvalue weighted by Crippen LogP contribution is 2.42. The van der Waals surface area contributed by atoms with Gasteiger partial charge in [-0.15, -0.1) is 11.3 Å². The fraction of sp³-hybridized carbons (Fsp3) is 0.211. The minimum Gasteiger partial charge on any atom is -0.322 e. The molecule has 4 aromatic rings. The van der Waals surface area contributed by atoms with Crippen molar-refractivity contribution in [1.82, 2.24) is 19.7 Å². The van der Waals surface area contributed by atoms with Gasteiger partial charge >= 0.3 is 0 Å². The molecular weight excluding hydrogens is 346 g/mol. The monoisotopic (exact) mass is 363 g/mol. The summed E-state index contributed by atoms with van der Waals surface area (Å²) in [5.41, 5.74) is 5.03. The molecule has 26 heavy (non-hydrogen) atoms. The van der Waals surface area contributed by atoms with E-state index >= 15 is 0 Å². The summed E-state index contributed by atoms with van der Waals surface area (Å²) in [4.78, 5) is 21.6. The van der Waals surface area contributed by atoms with Gasteiger partial charge in [-0.2, -0.15) is 9.78 Å². The van der Waals surface area contributed by atoms with Gasteiger partial charge in [0.1, 0.15) is 5.82 Å². The lowest BCUT2D eigenvalue weighted by atomic mass is 9.89. The first-order valence-corrected chi connectivity index (χ1v) is 9.38. The molecule has 0 aliphatic carbocycles. The van der Waals surface area contributed by atoms with Crippen molar-refractivity contribution >= 4 is 34.1 Å². The van der Waals surface area contributed by atoms with Crippen LogP contribution in [0.15, 0.2) is 35.7 Å². The van der Waals surface area contributed by atoms with Crippen LogP contribution in [0.3, 0.4) is 0 Å². The van der Waals surface area contributed by atoms with Crippen molar-refractivity contribution in [3.63, 3.8) is 0 Å². The zero-order valence-electron chi connectivity index (χ0n) is 14.4. The van der Waals surface area contributed by atoms with Crippen molar-refractivity contribution in [3.05, 3.63) is 57.4 Å². The average molecular weight is 363 g/mol. The Balaban J connectivity index is 1.71. The van der Waals surface area contributed by atoms with E-state index in [0.717, 1.165) is 28.1 Å². The van der Waals surface area contributed by atoms with E-state index in [9.17, 15) is 4.79 Å². The molecule has 6 nitrogen and oxygen atoms in total. The molecule has 0 saturated carbocycles. The molecule has 1 atom stereocenters. The summed E-state index contributed by atoms with van der Waals surface area (Å²) >= 11 is 1.70. The van der Waals surface area contributed by atoms with Gasteiger partial charge in [-0.05, 0) is 43.0 Å². The van der Waals surface area contributed by atoms with E-state index in [1.165, 1.54) is 10.4 Å². The Bertz CT molecular complexity index is 1120. The van der Waals surface area contributed by atoms with Gasteiger partial charge in [0.2, 0.25) is 11.9 Å². The predicted octanol–water partition coefficient (Wildman–Crippen LogP) is 3.90. The molecule has 0 fully saturated rings. The van der Waals surface area contributed by atoms with Crippen molar-refractivity contribution in [1.29, 1.82) is 0 Å². The Morgan fingerprint density at radius 2 is 2.08 bits per heavy atom. The fourth-order valence-electron chi connectivity index (χ4n) is 3.71. The quantitative estimate of drug-likeness (QED) is 0.567. The first-order valence-electron chi connectivity index (χ1n) is 8.50. The third-order valence-electron chi connectivity index (χ3n) is 4.90. The van der Waals surface area contributed by atoms with Crippen LogP contribution in [0.25, 0.3) is 17.0 Å². The molecule has 1 aliphatic rings. The van der Waals surface area contributed by atoms with Crippen LogP contribution in [0, 0.1) is 13.8 Å². The van der Waals surface area contributed by atoms with Crippen LogP contribution in [-0.4, -0.2) is 25.7 Å². The second kappa shape index (κ2) is 5.54. The molecule has 1 aromatic carbocycles. The highest BCUT2D eigenvalue weighted by molar-refractivity contribution is 7.10. The molecule has 1 aliphatic heterocycles. The first kappa shape index (κ1) is 15.3. The maximum atomic E-state index is 12.4. The summed E-state index contributed by atoms with van der Waals surface area (Å²) in [6, 6.07) is 9.95. The van der Waals surface area contributed by atoms with Gasteiger partial charge in [-0.3, -0.25) is 4.79 Å². The summed E-state index contributed by atoms with van der Waals surface area (Å²) < 4.78 is 1.72. The lowest BCUT2D eigenvalue weighted by Crippen LogP contribution is -2.25. The second-order valence-electron chi connectivity index (χ2n) is 6.61. The molecule has 0 saturated heterocycles.